The molecular weight excluding hydrogens is 300 g/mol. The SMILES string of the molecule is C#CCNC(=NCC(c1ccc(C)cc1)N1CCOCC1)NCC. The number of nitrogens with zero attached hydrogens (tertiary/aromatic N) is 2. The lowest BCUT2D eigenvalue weighted by Crippen LogP contribution is -2.41. The fraction of sp³-hybridized carbons (Fsp3) is 0.526. The number of rotatable bonds is 6. The van der Waals surface area contributed by atoms with Crippen LogP contribution >= 0.6 is 0 Å². The summed E-state index contributed by atoms with van der Waals surface area (Å²) in [6.07, 6.45) is 5.33. The summed E-state index contributed by atoms with van der Waals surface area (Å²) >= 11 is 0. The predicted octanol–water partition coefficient (Wildman–Crippen LogP) is 1.56. The molecule has 1 unspecified atom stereocenters. The Bertz CT molecular complexity index is 556. The fourth-order valence-electron chi connectivity index (χ4n) is 2.76. The number of aryl methyl sites for hydroxylation is 1. The van der Waals surface area contributed by atoms with Crippen LogP contribution in [0, 0.1) is 19.3 Å². The molecule has 1 aromatic carbocycles. The van der Waals surface area contributed by atoms with Gasteiger partial charge < -0.3 is 15.4 Å². The number of terminal acetylenes is 1. The molecule has 1 atom stereocenters. The number of nitrogens with one attached hydrogen (secondary N) is 2. The van der Waals surface area contributed by atoms with Crippen LogP contribution in [0.2, 0.25) is 0 Å². The van der Waals surface area contributed by atoms with Crippen molar-refractivity contribution >= 4 is 5.96 Å². The Morgan fingerprint density at radius 2 is 2.00 bits per heavy atom. The molecule has 130 valence electrons. The molecule has 0 spiro atoms. The first-order valence-corrected chi connectivity index (χ1v) is 8.58. The molecule has 2 N–H and O–H groups in total. The number of hydrogen-bond acceptors (Lipinski definition) is 3. The van der Waals surface area contributed by atoms with Gasteiger partial charge in [-0.1, -0.05) is 35.7 Å². The van der Waals surface area contributed by atoms with Crippen molar-refractivity contribution in [1.82, 2.24) is 15.5 Å². The van der Waals surface area contributed by atoms with E-state index in [2.05, 4.69) is 52.6 Å². The van der Waals surface area contributed by atoms with Gasteiger partial charge in [-0.05, 0) is 19.4 Å². The highest BCUT2D eigenvalue weighted by Crippen LogP contribution is 2.22. The second kappa shape index (κ2) is 9.96. The van der Waals surface area contributed by atoms with Crippen molar-refractivity contribution in [3.8, 4) is 12.3 Å². The number of aliphatic imine (C=N–C) groups is 1. The van der Waals surface area contributed by atoms with E-state index in [0.29, 0.717) is 13.1 Å². The Labute approximate surface area is 145 Å². The first-order chi connectivity index (χ1) is 11.7. The van der Waals surface area contributed by atoms with Gasteiger partial charge in [0, 0.05) is 19.6 Å². The smallest absolute Gasteiger partial charge is 0.192 e. The van der Waals surface area contributed by atoms with Gasteiger partial charge in [-0.2, -0.15) is 0 Å². The minimum atomic E-state index is 0.246. The van der Waals surface area contributed by atoms with E-state index in [-0.39, 0.29) is 6.04 Å². The molecule has 1 heterocycles. The first kappa shape index (κ1) is 18.3. The predicted molar refractivity (Wildman–Crippen MR) is 99.1 cm³/mol. The first-order valence-electron chi connectivity index (χ1n) is 8.58. The van der Waals surface area contributed by atoms with Gasteiger partial charge >= 0.3 is 0 Å². The summed E-state index contributed by atoms with van der Waals surface area (Å²) in [6.45, 7) is 9.55. The molecule has 0 radical (unpaired) electrons. The van der Waals surface area contributed by atoms with E-state index in [1.807, 2.05) is 6.92 Å². The lowest BCUT2D eigenvalue weighted by molar-refractivity contribution is 0.0179. The van der Waals surface area contributed by atoms with E-state index in [1.165, 1.54) is 11.1 Å². The van der Waals surface area contributed by atoms with Crippen LogP contribution in [0.4, 0.5) is 0 Å². The largest absolute Gasteiger partial charge is 0.379 e. The summed E-state index contributed by atoms with van der Waals surface area (Å²) < 4.78 is 5.50. The molecule has 2 rings (SSSR count). The average molecular weight is 328 g/mol. The Kier molecular flexibility index (Phi) is 7.60. The highest BCUT2D eigenvalue weighted by Gasteiger charge is 2.22. The molecule has 1 aliphatic heterocycles. The van der Waals surface area contributed by atoms with Crippen LogP contribution in [0.3, 0.4) is 0 Å². The minimum Gasteiger partial charge on any atom is -0.379 e. The summed E-state index contributed by atoms with van der Waals surface area (Å²) in [6, 6.07) is 8.97. The maximum absolute atomic E-state index is 5.50. The number of hydrogen-bond donors (Lipinski definition) is 2. The maximum atomic E-state index is 5.50. The van der Waals surface area contributed by atoms with E-state index < -0.39 is 0 Å². The van der Waals surface area contributed by atoms with Crippen LogP contribution in [-0.4, -0.2) is 56.8 Å². The third kappa shape index (κ3) is 5.55. The zero-order chi connectivity index (χ0) is 17.2. The highest BCUT2D eigenvalue weighted by molar-refractivity contribution is 5.80. The molecule has 1 aliphatic rings. The minimum absolute atomic E-state index is 0.246. The van der Waals surface area contributed by atoms with Crippen LogP contribution in [0.1, 0.15) is 24.1 Å². The number of morpholine rings is 1. The zero-order valence-corrected chi connectivity index (χ0v) is 14.7. The Morgan fingerprint density at radius 1 is 1.29 bits per heavy atom. The topological polar surface area (TPSA) is 48.9 Å². The maximum Gasteiger partial charge on any atom is 0.192 e. The lowest BCUT2D eigenvalue weighted by Gasteiger charge is -2.34. The molecule has 24 heavy (non-hydrogen) atoms. The molecule has 0 saturated carbocycles. The summed E-state index contributed by atoms with van der Waals surface area (Å²) in [7, 11) is 0. The number of ether oxygens (including phenoxy) is 1. The summed E-state index contributed by atoms with van der Waals surface area (Å²) in [5, 5.41) is 6.39. The van der Waals surface area contributed by atoms with Crippen LogP contribution < -0.4 is 10.6 Å². The van der Waals surface area contributed by atoms with Gasteiger partial charge in [-0.15, -0.1) is 6.42 Å². The highest BCUT2D eigenvalue weighted by atomic mass is 16.5. The molecule has 0 aliphatic carbocycles. The van der Waals surface area contributed by atoms with E-state index in [1.54, 1.807) is 0 Å². The van der Waals surface area contributed by atoms with Gasteiger partial charge in [-0.25, -0.2) is 0 Å². The van der Waals surface area contributed by atoms with Gasteiger partial charge in [0.15, 0.2) is 5.96 Å². The van der Waals surface area contributed by atoms with Crippen LogP contribution in [0.25, 0.3) is 0 Å². The van der Waals surface area contributed by atoms with Gasteiger partial charge in [-0.3, -0.25) is 9.89 Å². The molecule has 0 amide bonds. The van der Waals surface area contributed by atoms with Gasteiger partial charge in [0.05, 0.1) is 32.3 Å². The Balaban J connectivity index is 2.14. The molecule has 1 saturated heterocycles. The van der Waals surface area contributed by atoms with E-state index in [9.17, 15) is 0 Å². The van der Waals surface area contributed by atoms with Crippen molar-refractivity contribution in [2.75, 3.05) is 45.9 Å². The van der Waals surface area contributed by atoms with Crippen molar-refractivity contribution in [2.45, 2.75) is 19.9 Å². The van der Waals surface area contributed by atoms with Crippen LogP contribution in [0.15, 0.2) is 29.3 Å². The molecular formula is C19H28N4O. The molecule has 1 fully saturated rings. The summed E-state index contributed by atoms with van der Waals surface area (Å²) in [5.41, 5.74) is 2.56. The molecule has 5 heteroatoms. The van der Waals surface area contributed by atoms with Crippen LogP contribution in [-0.2, 0) is 4.74 Å². The molecule has 1 aromatic rings. The van der Waals surface area contributed by atoms with Crippen molar-refractivity contribution in [1.29, 1.82) is 0 Å². The second-order valence-corrected chi connectivity index (χ2v) is 5.85. The number of benzene rings is 1. The Morgan fingerprint density at radius 3 is 2.62 bits per heavy atom. The van der Waals surface area contributed by atoms with Crippen molar-refractivity contribution in [3.63, 3.8) is 0 Å². The quantitative estimate of drug-likeness (QED) is 0.473. The molecule has 5 nitrogen and oxygen atoms in total. The Hall–Kier alpha value is -2.03. The number of guanidine groups is 1. The summed E-state index contributed by atoms with van der Waals surface area (Å²) in [5.74, 6) is 3.35. The van der Waals surface area contributed by atoms with Gasteiger partial charge in [0.25, 0.3) is 0 Å². The van der Waals surface area contributed by atoms with Crippen molar-refractivity contribution in [2.24, 2.45) is 4.99 Å². The van der Waals surface area contributed by atoms with Gasteiger partial charge in [0.1, 0.15) is 0 Å². The van der Waals surface area contributed by atoms with Crippen LogP contribution in [0.5, 0.6) is 0 Å². The summed E-state index contributed by atoms with van der Waals surface area (Å²) in [4.78, 5) is 7.19. The van der Waals surface area contributed by atoms with E-state index >= 15 is 0 Å². The third-order valence-corrected chi connectivity index (χ3v) is 4.07. The third-order valence-electron chi connectivity index (χ3n) is 4.07. The standard InChI is InChI=1S/C19H28N4O/c1-4-10-21-19(20-5-2)22-15-18(23-11-13-24-14-12-23)17-8-6-16(3)7-9-17/h1,6-9,18H,5,10-15H2,2-3H3,(H2,20,21,22). The molecule has 0 bridgehead atoms. The normalized spacial score (nSPS) is 17.1. The van der Waals surface area contributed by atoms with E-state index in [0.717, 1.165) is 38.8 Å². The van der Waals surface area contributed by atoms with Gasteiger partial charge in [0.2, 0.25) is 0 Å². The fourth-order valence-corrected chi connectivity index (χ4v) is 2.76. The van der Waals surface area contributed by atoms with E-state index in [4.69, 9.17) is 16.2 Å². The average Bonchev–Trinajstić information content (AvgIpc) is 2.62. The second-order valence-electron chi connectivity index (χ2n) is 5.85. The monoisotopic (exact) mass is 328 g/mol. The molecule has 0 aromatic heterocycles. The van der Waals surface area contributed by atoms with Crippen molar-refractivity contribution < 1.29 is 4.74 Å². The lowest BCUT2D eigenvalue weighted by atomic mass is 10.0. The zero-order valence-electron chi connectivity index (χ0n) is 14.7. The van der Waals surface area contributed by atoms with Crippen molar-refractivity contribution in [3.05, 3.63) is 35.4 Å².